The molecule has 0 aliphatic rings. The molecule has 0 aromatic carbocycles. The van der Waals surface area contributed by atoms with Gasteiger partial charge in [0, 0.05) is 6.61 Å². The molecule has 0 saturated heterocycles. The summed E-state index contributed by atoms with van der Waals surface area (Å²) in [4.78, 5) is 18.5. The average molecular weight is 449 g/mol. The van der Waals surface area contributed by atoms with Crippen molar-refractivity contribution in [2.24, 2.45) is 0 Å². The molecule has 2 unspecified atom stereocenters. The molecule has 0 spiro atoms. The van der Waals surface area contributed by atoms with Crippen molar-refractivity contribution >= 4 is 16.5 Å². The maximum absolute atomic E-state index is 9.24. The van der Waals surface area contributed by atoms with Gasteiger partial charge in [0.05, 0.1) is 0 Å². The Bertz CT molecular complexity index is 261. The van der Waals surface area contributed by atoms with Crippen LogP contribution in [0.3, 0.4) is 0 Å². The van der Waals surface area contributed by atoms with E-state index < -0.39 is 16.5 Å². The van der Waals surface area contributed by atoms with Crippen molar-refractivity contribution in [1.82, 2.24) is 0 Å². The summed E-state index contributed by atoms with van der Waals surface area (Å²) in [6.45, 7) is 2.65. The molecule has 0 bridgehead atoms. The van der Waals surface area contributed by atoms with E-state index in [4.69, 9.17) is 5.11 Å². The molecule has 25 heavy (non-hydrogen) atoms. The molecule has 0 radical (unpaired) electrons. The van der Waals surface area contributed by atoms with E-state index in [1.54, 1.807) is 0 Å². The molecule has 0 saturated carbocycles. The molecule has 0 rings (SSSR count). The molecule has 10 heteroatoms. The van der Waals surface area contributed by atoms with Crippen LogP contribution in [0.5, 0.6) is 0 Å². The molecular weight excluding hydrogens is 416 g/mol. The van der Waals surface area contributed by atoms with Crippen molar-refractivity contribution in [3.63, 3.8) is 0 Å². The fourth-order valence-electron chi connectivity index (χ4n) is 2.18. The van der Waals surface area contributed by atoms with Gasteiger partial charge in [-0.15, -0.1) is 0 Å². The van der Waals surface area contributed by atoms with E-state index in [9.17, 15) is 18.9 Å². The molecule has 0 amide bonds. The van der Waals surface area contributed by atoms with Gasteiger partial charge >= 0.3 is 119 Å². The topological polar surface area (TPSA) is 110 Å². The average Bonchev–Trinajstić information content (AvgIpc) is 2.48. The zero-order valence-electron chi connectivity index (χ0n) is 16.3. The maximum Gasteiger partial charge on any atom is 1.00 e. The van der Waals surface area contributed by atoms with Crippen molar-refractivity contribution in [2.45, 2.75) is 90.4 Å². The van der Waals surface area contributed by atoms with Crippen LogP contribution in [0.15, 0.2) is 0 Å². The Balaban J connectivity index is -0.000000210. The third kappa shape index (κ3) is 42.4. The van der Waals surface area contributed by atoms with Crippen LogP contribution in [0.2, 0.25) is 0 Å². The molecule has 138 valence electrons. The standard InChI is InChI=1S/C15H32O.2K.O5P2/c1-2-3-4-5-6-7-8-9-10-11-12-13-14-15-16;;;1-6(2)5-7(3)4/h16H,2-15H2,1H3;;;/q;2*+1;. The first-order chi connectivity index (χ1) is 11.0. The first kappa shape index (κ1) is 35.7. The van der Waals surface area contributed by atoms with E-state index in [1.807, 2.05) is 0 Å². The second-order valence-electron chi connectivity index (χ2n) is 5.50. The van der Waals surface area contributed by atoms with Gasteiger partial charge in [-0.1, -0.05) is 84.0 Å². The van der Waals surface area contributed by atoms with Crippen LogP contribution in [0.1, 0.15) is 90.4 Å². The van der Waals surface area contributed by atoms with E-state index in [2.05, 4.69) is 11.2 Å². The molecule has 0 fully saturated rings. The Morgan fingerprint density at radius 2 is 0.960 bits per heavy atom. The van der Waals surface area contributed by atoms with Crippen LogP contribution < -0.4 is 113 Å². The molecule has 0 aliphatic heterocycles. The fraction of sp³-hybridized carbons (Fsp3) is 1.00. The minimum atomic E-state index is -3.24. The van der Waals surface area contributed by atoms with Gasteiger partial charge in [-0.3, -0.25) is 0 Å². The Morgan fingerprint density at radius 1 is 0.680 bits per heavy atom. The van der Waals surface area contributed by atoms with Gasteiger partial charge in [-0.2, -0.15) is 0 Å². The minimum Gasteiger partial charge on any atom is -0.563 e. The van der Waals surface area contributed by atoms with E-state index in [0.717, 1.165) is 6.42 Å². The van der Waals surface area contributed by atoms with E-state index in [0.29, 0.717) is 6.61 Å². The summed E-state index contributed by atoms with van der Waals surface area (Å²) in [5.74, 6) is 0. The van der Waals surface area contributed by atoms with Gasteiger partial charge < -0.3 is 14.9 Å². The van der Waals surface area contributed by atoms with E-state index >= 15 is 0 Å². The van der Waals surface area contributed by atoms with Gasteiger partial charge in [0.25, 0.3) is 0 Å². The van der Waals surface area contributed by atoms with E-state index in [1.165, 1.54) is 77.0 Å². The fourth-order valence-corrected chi connectivity index (χ4v) is 2.62. The van der Waals surface area contributed by atoms with Crippen molar-refractivity contribution in [3.05, 3.63) is 0 Å². The molecule has 0 aromatic heterocycles. The van der Waals surface area contributed by atoms with Crippen molar-refractivity contribution in [2.75, 3.05) is 6.61 Å². The number of rotatable bonds is 15. The Hall–Kier alpha value is 3.31. The summed E-state index contributed by atoms with van der Waals surface area (Å²) in [7, 11) is -6.47. The molecule has 1 N–H and O–H groups in total. The Labute approximate surface area is 240 Å². The molecule has 6 nitrogen and oxygen atoms in total. The summed E-state index contributed by atoms with van der Waals surface area (Å²) < 4.78 is 21.6. The second-order valence-corrected chi connectivity index (χ2v) is 7.04. The zero-order valence-corrected chi connectivity index (χ0v) is 24.3. The van der Waals surface area contributed by atoms with Crippen LogP contribution in [0, 0.1) is 0 Å². The summed E-state index contributed by atoms with van der Waals surface area (Å²) in [5.41, 5.74) is 0. The van der Waals surface area contributed by atoms with Gasteiger partial charge in [0.2, 0.25) is 0 Å². The van der Waals surface area contributed by atoms with Crippen LogP contribution in [0.25, 0.3) is 0 Å². The molecule has 0 aromatic rings. The number of hydrogen-bond donors (Lipinski definition) is 1. The summed E-state index contributed by atoms with van der Waals surface area (Å²) in [5, 5.41) is 8.63. The van der Waals surface area contributed by atoms with Crippen LogP contribution >= 0.6 is 16.5 Å². The van der Waals surface area contributed by atoms with Crippen LogP contribution in [0.4, 0.5) is 0 Å². The van der Waals surface area contributed by atoms with Gasteiger partial charge in [0.15, 0.2) is 0 Å². The van der Waals surface area contributed by atoms with Crippen LogP contribution in [-0.2, 0) is 13.4 Å². The van der Waals surface area contributed by atoms with Crippen LogP contribution in [-0.4, -0.2) is 11.7 Å². The van der Waals surface area contributed by atoms with Gasteiger partial charge in [-0.25, -0.2) is 0 Å². The molecule has 0 heterocycles. The Kier molecular flexibility index (Phi) is 45.7. The zero-order chi connectivity index (χ0) is 17.8. The number of hydrogen-bond acceptors (Lipinski definition) is 6. The number of aliphatic hydroxyl groups is 1. The molecular formula is C15H32K2O6P2+2. The largest absolute Gasteiger partial charge is 1.00 e. The van der Waals surface area contributed by atoms with E-state index in [-0.39, 0.29) is 103 Å². The van der Waals surface area contributed by atoms with Crippen molar-refractivity contribution in [1.29, 1.82) is 0 Å². The smallest absolute Gasteiger partial charge is 0.563 e. The minimum absolute atomic E-state index is 0. The quantitative estimate of drug-likeness (QED) is 0.178. The normalized spacial score (nSPS) is 10.7. The third-order valence-corrected chi connectivity index (χ3v) is 4.46. The molecule has 2 atom stereocenters. The predicted molar refractivity (Wildman–Crippen MR) is 89.1 cm³/mol. The maximum atomic E-state index is 9.24. The number of aliphatic hydroxyl groups excluding tert-OH is 1. The summed E-state index contributed by atoms with van der Waals surface area (Å²) in [6, 6.07) is 0. The van der Waals surface area contributed by atoms with Crippen molar-refractivity contribution < 1.29 is 131 Å². The monoisotopic (exact) mass is 448 g/mol. The number of unbranched alkanes of at least 4 members (excludes halogenated alkanes) is 12. The Morgan fingerprint density at radius 3 is 1.16 bits per heavy atom. The van der Waals surface area contributed by atoms with Gasteiger partial charge in [0.1, 0.15) is 4.31 Å². The first-order valence-electron chi connectivity index (χ1n) is 8.62. The van der Waals surface area contributed by atoms with Gasteiger partial charge in [-0.05, 0) is 15.6 Å². The predicted octanol–water partition coefficient (Wildman–Crippen LogP) is -1.88. The summed E-state index contributed by atoms with van der Waals surface area (Å²) >= 11 is 0. The third-order valence-electron chi connectivity index (χ3n) is 3.40. The SMILES string of the molecule is CCCCCCCCCCCCCCCO.O=[P+]([O-])O[P+](=O)[O-].[K+].[K+]. The summed E-state index contributed by atoms with van der Waals surface area (Å²) in [6.07, 6.45) is 17.7. The molecule has 0 aliphatic carbocycles. The van der Waals surface area contributed by atoms with Crippen molar-refractivity contribution in [3.8, 4) is 0 Å². The first-order valence-corrected chi connectivity index (χ1v) is 10.8. The second kappa shape index (κ2) is 32.0.